The van der Waals surface area contributed by atoms with E-state index in [4.69, 9.17) is 5.11 Å². The molecule has 82 valence electrons. The number of aliphatic hydroxyl groups is 1. The Labute approximate surface area is 91.9 Å². The summed E-state index contributed by atoms with van der Waals surface area (Å²) >= 11 is 0. The van der Waals surface area contributed by atoms with Gasteiger partial charge in [0.2, 0.25) is 0 Å². The fourth-order valence-electron chi connectivity index (χ4n) is 1.50. The molecule has 1 aromatic carbocycles. The predicted molar refractivity (Wildman–Crippen MR) is 65.3 cm³/mol. The lowest BCUT2D eigenvalue weighted by Crippen LogP contribution is -2.25. The van der Waals surface area contributed by atoms with E-state index >= 15 is 0 Å². The first-order valence-corrected chi connectivity index (χ1v) is 5.31. The highest BCUT2D eigenvalue weighted by molar-refractivity contribution is 5.47. The van der Waals surface area contributed by atoms with Gasteiger partial charge in [-0.05, 0) is 25.5 Å². The average molecular weight is 205 g/mol. The van der Waals surface area contributed by atoms with Crippen LogP contribution in [0.3, 0.4) is 0 Å². The molecule has 1 N–H and O–H groups in total. The molecule has 0 atom stereocenters. The van der Waals surface area contributed by atoms with E-state index in [0.717, 1.165) is 19.5 Å². The Balaban J connectivity index is 2.69. The Kier molecular flexibility index (Phi) is 4.91. The first-order chi connectivity index (χ1) is 7.27. The number of hydrogen-bond acceptors (Lipinski definition) is 2. The molecule has 1 rings (SSSR count). The second-order valence-corrected chi connectivity index (χ2v) is 3.65. The smallest absolute Gasteiger partial charge is 0.0447 e. The molecule has 0 aromatic heterocycles. The van der Waals surface area contributed by atoms with Crippen molar-refractivity contribution in [2.75, 3.05) is 24.6 Å². The van der Waals surface area contributed by atoms with Crippen LogP contribution >= 0.6 is 0 Å². The van der Waals surface area contributed by atoms with E-state index in [1.807, 2.05) is 6.08 Å². The number of aliphatic hydroxyl groups excluding tert-OH is 1. The van der Waals surface area contributed by atoms with E-state index in [1.54, 1.807) is 0 Å². The van der Waals surface area contributed by atoms with Crippen molar-refractivity contribution in [3.63, 3.8) is 0 Å². The minimum absolute atomic E-state index is 0.236. The zero-order valence-electron chi connectivity index (χ0n) is 9.32. The summed E-state index contributed by atoms with van der Waals surface area (Å²) in [4.78, 5) is 2.21. The van der Waals surface area contributed by atoms with E-state index < -0.39 is 0 Å². The molecule has 2 nitrogen and oxygen atoms in total. The van der Waals surface area contributed by atoms with E-state index in [9.17, 15) is 0 Å². The van der Waals surface area contributed by atoms with Crippen molar-refractivity contribution in [3.05, 3.63) is 42.5 Å². The Hall–Kier alpha value is -1.28. The Bertz CT molecular complexity index is 292. The molecule has 1 aromatic rings. The molecule has 0 amide bonds. The molecule has 0 radical (unpaired) electrons. The summed E-state index contributed by atoms with van der Waals surface area (Å²) < 4.78 is 0. The molecule has 2 heteroatoms. The van der Waals surface area contributed by atoms with Crippen molar-refractivity contribution in [2.45, 2.75) is 13.3 Å². The van der Waals surface area contributed by atoms with Gasteiger partial charge in [-0.2, -0.15) is 0 Å². The van der Waals surface area contributed by atoms with Gasteiger partial charge in [0.1, 0.15) is 0 Å². The maximum absolute atomic E-state index is 8.82. The van der Waals surface area contributed by atoms with Gasteiger partial charge in [-0.3, -0.25) is 0 Å². The monoisotopic (exact) mass is 205 g/mol. The molecule has 0 heterocycles. The number of rotatable bonds is 6. The van der Waals surface area contributed by atoms with Crippen LogP contribution in [0.5, 0.6) is 0 Å². The molecule has 0 aliphatic rings. The zero-order valence-corrected chi connectivity index (χ0v) is 9.32. The Morgan fingerprint density at radius 3 is 2.53 bits per heavy atom. The van der Waals surface area contributed by atoms with Gasteiger partial charge in [-0.1, -0.05) is 23.8 Å². The summed E-state index contributed by atoms with van der Waals surface area (Å²) in [5.41, 5.74) is 2.45. The Morgan fingerprint density at radius 2 is 2.00 bits per heavy atom. The summed E-state index contributed by atoms with van der Waals surface area (Å²) in [6, 6.07) is 8.42. The van der Waals surface area contributed by atoms with Gasteiger partial charge >= 0.3 is 0 Å². The van der Waals surface area contributed by atoms with Gasteiger partial charge in [0, 0.05) is 25.4 Å². The minimum Gasteiger partial charge on any atom is -0.396 e. The van der Waals surface area contributed by atoms with Crippen LogP contribution in [0.2, 0.25) is 0 Å². The van der Waals surface area contributed by atoms with Crippen LogP contribution < -0.4 is 4.90 Å². The quantitative estimate of drug-likeness (QED) is 0.721. The molecular formula is C13H19NO. The summed E-state index contributed by atoms with van der Waals surface area (Å²) in [7, 11) is 0. The van der Waals surface area contributed by atoms with Crippen LogP contribution in [0.1, 0.15) is 12.0 Å². The third-order valence-corrected chi connectivity index (χ3v) is 2.33. The summed E-state index contributed by atoms with van der Waals surface area (Å²) in [6.45, 7) is 7.75. The second kappa shape index (κ2) is 6.25. The topological polar surface area (TPSA) is 23.5 Å². The first-order valence-electron chi connectivity index (χ1n) is 5.31. The summed E-state index contributed by atoms with van der Waals surface area (Å²) in [5.74, 6) is 0. The predicted octanol–water partition coefficient (Wildman–Crippen LogP) is 2.37. The van der Waals surface area contributed by atoms with Crippen LogP contribution in [0, 0.1) is 6.92 Å². The molecule has 0 bridgehead atoms. The van der Waals surface area contributed by atoms with Gasteiger partial charge < -0.3 is 10.0 Å². The lowest BCUT2D eigenvalue weighted by atomic mass is 10.2. The number of aryl methyl sites for hydroxylation is 1. The van der Waals surface area contributed by atoms with Crippen molar-refractivity contribution < 1.29 is 5.11 Å². The van der Waals surface area contributed by atoms with Crippen molar-refractivity contribution in [1.29, 1.82) is 0 Å². The van der Waals surface area contributed by atoms with E-state index in [2.05, 4.69) is 42.7 Å². The Morgan fingerprint density at radius 1 is 1.33 bits per heavy atom. The van der Waals surface area contributed by atoms with Gasteiger partial charge in [0.25, 0.3) is 0 Å². The van der Waals surface area contributed by atoms with E-state index in [1.165, 1.54) is 11.3 Å². The minimum atomic E-state index is 0.236. The summed E-state index contributed by atoms with van der Waals surface area (Å²) in [6.07, 6.45) is 2.68. The molecule has 0 spiro atoms. The molecule has 0 fully saturated rings. The molecule has 0 aliphatic heterocycles. The fraction of sp³-hybridized carbons (Fsp3) is 0.385. The van der Waals surface area contributed by atoms with Crippen molar-refractivity contribution in [2.24, 2.45) is 0 Å². The number of hydrogen-bond donors (Lipinski definition) is 1. The SMILES string of the molecule is C=CCN(CCCO)c1ccc(C)cc1. The lowest BCUT2D eigenvalue weighted by Gasteiger charge is -2.23. The van der Waals surface area contributed by atoms with Crippen LogP contribution in [-0.2, 0) is 0 Å². The lowest BCUT2D eigenvalue weighted by molar-refractivity contribution is 0.290. The molecule has 0 saturated carbocycles. The first kappa shape index (κ1) is 11.8. The third-order valence-electron chi connectivity index (χ3n) is 2.33. The number of benzene rings is 1. The molecule has 15 heavy (non-hydrogen) atoms. The van der Waals surface area contributed by atoms with Crippen molar-refractivity contribution >= 4 is 5.69 Å². The zero-order chi connectivity index (χ0) is 11.1. The second-order valence-electron chi connectivity index (χ2n) is 3.65. The maximum atomic E-state index is 8.82. The number of anilines is 1. The normalized spacial score (nSPS) is 10.0. The average Bonchev–Trinajstić information content (AvgIpc) is 2.25. The van der Waals surface area contributed by atoms with Gasteiger partial charge in [0.05, 0.1) is 0 Å². The fourth-order valence-corrected chi connectivity index (χ4v) is 1.50. The molecule has 0 saturated heterocycles. The van der Waals surface area contributed by atoms with Gasteiger partial charge in [-0.25, -0.2) is 0 Å². The number of nitrogens with zero attached hydrogens (tertiary/aromatic N) is 1. The standard InChI is InChI=1S/C13H19NO/c1-3-9-14(10-4-11-15)13-7-5-12(2)6-8-13/h3,5-8,15H,1,4,9-11H2,2H3. The van der Waals surface area contributed by atoms with Crippen LogP contribution in [-0.4, -0.2) is 24.8 Å². The highest BCUT2D eigenvalue weighted by Gasteiger charge is 2.03. The molecule has 0 unspecified atom stereocenters. The highest BCUT2D eigenvalue weighted by Crippen LogP contribution is 2.15. The largest absolute Gasteiger partial charge is 0.396 e. The van der Waals surface area contributed by atoms with Gasteiger partial charge in [-0.15, -0.1) is 6.58 Å². The van der Waals surface area contributed by atoms with Gasteiger partial charge in [0.15, 0.2) is 0 Å². The van der Waals surface area contributed by atoms with Crippen LogP contribution in [0.15, 0.2) is 36.9 Å². The highest BCUT2D eigenvalue weighted by atomic mass is 16.3. The van der Waals surface area contributed by atoms with Crippen LogP contribution in [0.4, 0.5) is 5.69 Å². The van der Waals surface area contributed by atoms with Crippen molar-refractivity contribution in [1.82, 2.24) is 0 Å². The summed E-state index contributed by atoms with van der Waals surface area (Å²) in [5, 5.41) is 8.82. The van der Waals surface area contributed by atoms with E-state index in [0.29, 0.717) is 0 Å². The van der Waals surface area contributed by atoms with Crippen LogP contribution in [0.25, 0.3) is 0 Å². The third kappa shape index (κ3) is 3.76. The maximum Gasteiger partial charge on any atom is 0.0447 e. The van der Waals surface area contributed by atoms with E-state index in [-0.39, 0.29) is 6.61 Å². The molecular weight excluding hydrogens is 186 g/mol. The molecule has 0 aliphatic carbocycles. The van der Waals surface area contributed by atoms with Crippen molar-refractivity contribution in [3.8, 4) is 0 Å².